The van der Waals surface area contributed by atoms with Gasteiger partial charge in [0.2, 0.25) is 0 Å². The number of anilines is 1. The maximum Gasteiger partial charge on any atom is 0.298 e. The van der Waals surface area contributed by atoms with Crippen molar-refractivity contribution in [3.8, 4) is 11.5 Å². The molecule has 0 radical (unpaired) electrons. The molecule has 0 bridgehead atoms. The smallest absolute Gasteiger partial charge is 0.298 e. The van der Waals surface area contributed by atoms with Gasteiger partial charge in [-0.15, -0.1) is 0 Å². The number of thioether (sulfide) groups is 1. The lowest BCUT2D eigenvalue weighted by Gasteiger charge is -2.17. The molecular weight excluding hydrogens is 433 g/mol. The third-order valence-corrected chi connectivity index (χ3v) is 5.69. The second-order valence-electron chi connectivity index (χ2n) is 6.37. The first-order chi connectivity index (χ1) is 13.8. The van der Waals surface area contributed by atoms with Gasteiger partial charge in [-0.05, 0) is 67.1 Å². The van der Waals surface area contributed by atoms with Crippen molar-refractivity contribution in [1.82, 2.24) is 0 Å². The summed E-state index contributed by atoms with van der Waals surface area (Å²) in [5.41, 5.74) is 1.05. The van der Waals surface area contributed by atoms with Crippen LogP contribution in [0.1, 0.15) is 25.8 Å². The summed E-state index contributed by atoms with van der Waals surface area (Å²) in [4.78, 5) is 26.6. The highest BCUT2D eigenvalue weighted by atomic mass is 35.5. The van der Waals surface area contributed by atoms with E-state index in [0.717, 1.165) is 23.1 Å². The summed E-state index contributed by atoms with van der Waals surface area (Å²) < 4.78 is 11.2. The molecule has 2 aromatic rings. The van der Waals surface area contributed by atoms with E-state index in [2.05, 4.69) is 0 Å². The minimum Gasteiger partial charge on any atom is -0.493 e. The predicted molar refractivity (Wildman–Crippen MR) is 118 cm³/mol. The molecule has 152 valence electrons. The summed E-state index contributed by atoms with van der Waals surface area (Å²) >= 11 is 13.2. The first-order valence-corrected chi connectivity index (χ1v) is 10.5. The summed E-state index contributed by atoms with van der Waals surface area (Å²) in [6.07, 6.45) is 2.40. The Morgan fingerprint density at radius 3 is 2.62 bits per heavy atom. The Morgan fingerprint density at radius 2 is 1.97 bits per heavy atom. The molecular formula is C21H19Cl2NO4S. The first kappa shape index (κ1) is 21.6. The molecule has 1 atom stereocenters. The monoisotopic (exact) mass is 451 g/mol. The van der Waals surface area contributed by atoms with Gasteiger partial charge >= 0.3 is 0 Å². The minimum atomic E-state index is -0.419. The van der Waals surface area contributed by atoms with Crippen LogP contribution in [0.3, 0.4) is 0 Å². The zero-order chi connectivity index (χ0) is 21.1. The summed E-state index contributed by atoms with van der Waals surface area (Å²) in [6, 6.07) is 9.99. The molecule has 3 rings (SSSR count). The molecule has 29 heavy (non-hydrogen) atoms. The average Bonchev–Trinajstić information content (AvgIpc) is 2.96. The van der Waals surface area contributed by atoms with E-state index in [1.54, 1.807) is 42.5 Å². The maximum absolute atomic E-state index is 12.8. The molecule has 5 nitrogen and oxygen atoms in total. The lowest BCUT2D eigenvalue weighted by atomic mass is 10.1. The topological polar surface area (TPSA) is 55.8 Å². The molecule has 1 heterocycles. The number of imide groups is 1. The van der Waals surface area contributed by atoms with Crippen molar-refractivity contribution < 1.29 is 19.1 Å². The number of hydrogen-bond donors (Lipinski definition) is 0. The van der Waals surface area contributed by atoms with Crippen molar-refractivity contribution in [3.05, 3.63) is 56.9 Å². The third-order valence-electron chi connectivity index (χ3n) is 4.30. The minimum absolute atomic E-state index is 0.0264. The van der Waals surface area contributed by atoms with Crippen LogP contribution in [0.5, 0.6) is 11.5 Å². The number of benzene rings is 2. The van der Waals surface area contributed by atoms with Crippen LogP contribution < -0.4 is 14.4 Å². The van der Waals surface area contributed by atoms with E-state index in [0.29, 0.717) is 32.8 Å². The van der Waals surface area contributed by atoms with Gasteiger partial charge in [0.25, 0.3) is 11.1 Å². The van der Waals surface area contributed by atoms with Crippen LogP contribution in [0.25, 0.3) is 6.08 Å². The zero-order valence-electron chi connectivity index (χ0n) is 16.1. The van der Waals surface area contributed by atoms with Gasteiger partial charge in [-0.2, -0.15) is 0 Å². The van der Waals surface area contributed by atoms with Gasteiger partial charge in [0.15, 0.2) is 11.5 Å². The van der Waals surface area contributed by atoms with Gasteiger partial charge in [0, 0.05) is 5.02 Å². The van der Waals surface area contributed by atoms with Crippen LogP contribution in [0.4, 0.5) is 10.5 Å². The Kier molecular flexibility index (Phi) is 6.77. The molecule has 1 aliphatic rings. The number of halogens is 2. The fourth-order valence-electron chi connectivity index (χ4n) is 2.68. The Balaban J connectivity index is 1.93. The number of carbonyl (C=O) groups is 2. The standard InChI is InChI=1S/C21H19Cl2NO4S/c1-4-12(2)28-19-16(23)8-13(9-17(19)27-3)10-18-20(25)24(21(26)29-18)15-7-5-6-14(22)11-15/h5-12H,4H2,1-3H3/b18-10+/t12-/m0/s1. The van der Waals surface area contributed by atoms with Crippen molar-refractivity contribution in [1.29, 1.82) is 0 Å². The second-order valence-corrected chi connectivity index (χ2v) is 8.20. The van der Waals surface area contributed by atoms with Crippen LogP contribution in [0, 0.1) is 0 Å². The van der Waals surface area contributed by atoms with E-state index in [1.165, 1.54) is 7.11 Å². The summed E-state index contributed by atoms with van der Waals surface area (Å²) in [7, 11) is 1.52. The number of nitrogens with zero attached hydrogens (tertiary/aromatic N) is 1. The molecule has 2 amide bonds. The van der Waals surface area contributed by atoms with Gasteiger partial charge in [0.1, 0.15) is 0 Å². The Labute approximate surface area is 183 Å². The number of methoxy groups -OCH3 is 1. The van der Waals surface area contributed by atoms with Crippen molar-refractivity contribution in [3.63, 3.8) is 0 Å². The quantitative estimate of drug-likeness (QED) is 0.474. The normalized spacial score (nSPS) is 16.4. The van der Waals surface area contributed by atoms with Crippen molar-refractivity contribution in [2.24, 2.45) is 0 Å². The van der Waals surface area contributed by atoms with E-state index in [-0.39, 0.29) is 11.0 Å². The first-order valence-electron chi connectivity index (χ1n) is 8.91. The van der Waals surface area contributed by atoms with E-state index < -0.39 is 11.1 Å². The molecule has 0 aliphatic carbocycles. The van der Waals surface area contributed by atoms with Crippen LogP contribution in [0.2, 0.25) is 10.0 Å². The summed E-state index contributed by atoms with van der Waals surface area (Å²) in [5, 5.41) is 0.419. The number of ether oxygens (including phenoxy) is 2. The molecule has 1 fully saturated rings. The molecule has 2 aromatic carbocycles. The molecule has 0 spiro atoms. The van der Waals surface area contributed by atoms with Crippen LogP contribution in [0.15, 0.2) is 41.3 Å². The van der Waals surface area contributed by atoms with E-state index >= 15 is 0 Å². The predicted octanol–water partition coefficient (Wildman–Crippen LogP) is 6.42. The highest BCUT2D eigenvalue weighted by molar-refractivity contribution is 8.19. The van der Waals surface area contributed by atoms with Crippen LogP contribution in [-0.4, -0.2) is 24.4 Å². The molecule has 8 heteroatoms. The van der Waals surface area contributed by atoms with E-state index in [4.69, 9.17) is 32.7 Å². The molecule has 0 unspecified atom stereocenters. The highest BCUT2D eigenvalue weighted by Gasteiger charge is 2.36. The fraction of sp³-hybridized carbons (Fsp3) is 0.238. The van der Waals surface area contributed by atoms with Crippen LogP contribution in [-0.2, 0) is 4.79 Å². The molecule has 0 aromatic heterocycles. The van der Waals surface area contributed by atoms with Gasteiger partial charge in [-0.25, -0.2) is 4.90 Å². The van der Waals surface area contributed by atoms with Gasteiger partial charge in [-0.3, -0.25) is 9.59 Å². The number of amides is 2. The Bertz CT molecular complexity index is 993. The lowest BCUT2D eigenvalue weighted by Crippen LogP contribution is -2.27. The highest BCUT2D eigenvalue weighted by Crippen LogP contribution is 2.40. The lowest BCUT2D eigenvalue weighted by molar-refractivity contribution is -0.113. The van der Waals surface area contributed by atoms with Crippen molar-refractivity contribution in [2.75, 3.05) is 12.0 Å². The number of carbonyl (C=O) groups excluding carboxylic acids is 2. The van der Waals surface area contributed by atoms with Gasteiger partial charge < -0.3 is 9.47 Å². The molecule has 1 saturated heterocycles. The van der Waals surface area contributed by atoms with Crippen molar-refractivity contribution >= 4 is 57.9 Å². The van der Waals surface area contributed by atoms with Crippen LogP contribution >= 0.6 is 35.0 Å². The summed E-state index contributed by atoms with van der Waals surface area (Å²) in [6.45, 7) is 3.95. The molecule has 0 saturated carbocycles. The zero-order valence-corrected chi connectivity index (χ0v) is 18.4. The third kappa shape index (κ3) is 4.71. The van der Waals surface area contributed by atoms with Gasteiger partial charge in [0.05, 0.1) is 28.8 Å². The maximum atomic E-state index is 12.8. The molecule has 0 N–H and O–H groups in total. The SMILES string of the molecule is CC[C@H](C)Oc1c(Cl)cc(/C=C2/SC(=O)N(c3cccc(Cl)c3)C2=O)cc1OC. The molecule has 1 aliphatic heterocycles. The summed E-state index contributed by atoms with van der Waals surface area (Å²) in [5.74, 6) is 0.489. The fourth-order valence-corrected chi connectivity index (χ4v) is 3.97. The number of rotatable bonds is 6. The second kappa shape index (κ2) is 9.11. The van der Waals surface area contributed by atoms with Gasteiger partial charge in [-0.1, -0.05) is 36.2 Å². The van der Waals surface area contributed by atoms with E-state index in [9.17, 15) is 9.59 Å². The van der Waals surface area contributed by atoms with Crippen molar-refractivity contribution in [2.45, 2.75) is 26.4 Å². The Morgan fingerprint density at radius 1 is 1.21 bits per heavy atom. The number of hydrogen-bond acceptors (Lipinski definition) is 5. The Hall–Kier alpha value is -2.15. The average molecular weight is 452 g/mol. The van der Waals surface area contributed by atoms with E-state index in [1.807, 2.05) is 13.8 Å². The largest absolute Gasteiger partial charge is 0.493 e.